The highest BCUT2D eigenvalue weighted by Crippen LogP contribution is 2.43. The molecule has 0 radical (unpaired) electrons. The van der Waals surface area contributed by atoms with E-state index in [0.29, 0.717) is 28.6 Å². The lowest BCUT2D eigenvalue weighted by Gasteiger charge is -2.14. The van der Waals surface area contributed by atoms with Crippen LogP contribution in [0.25, 0.3) is 0 Å². The third-order valence-electron chi connectivity index (χ3n) is 1.93. The highest BCUT2D eigenvalue weighted by atomic mass is 16.5. The molecule has 0 saturated heterocycles. The van der Waals surface area contributed by atoms with Crippen molar-refractivity contribution >= 4 is 11.4 Å². The van der Waals surface area contributed by atoms with Crippen molar-refractivity contribution in [3.63, 3.8) is 0 Å². The van der Waals surface area contributed by atoms with Crippen LogP contribution in [0.15, 0.2) is 6.07 Å². The van der Waals surface area contributed by atoms with Gasteiger partial charge in [-0.25, -0.2) is 0 Å². The highest BCUT2D eigenvalue weighted by molar-refractivity contribution is 5.78. The van der Waals surface area contributed by atoms with Gasteiger partial charge in [0.05, 0.1) is 21.3 Å². The Morgan fingerprint density at radius 2 is 1.29 bits per heavy atom. The summed E-state index contributed by atoms with van der Waals surface area (Å²) in [5, 5.41) is 0. The van der Waals surface area contributed by atoms with E-state index in [4.69, 9.17) is 25.7 Å². The van der Waals surface area contributed by atoms with Gasteiger partial charge in [-0.15, -0.1) is 0 Å². The fourth-order valence-corrected chi connectivity index (χ4v) is 1.20. The third kappa shape index (κ3) is 1.48. The quantitative estimate of drug-likeness (QED) is 0.704. The van der Waals surface area contributed by atoms with Crippen LogP contribution in [-0.4, -0.2) is 21.3 Å². The molecule has 0 bridgehead atoms. The largest absolute Gasteiger partial charge is 0.494 e. The monoisotopic (exact) mass is 198 g/mol. The Labute approximate surface area is 82.5 Å². The molecule has 0 amide bonds. The minimum atomic E-state index is 0.369. The lowest BCUT2D eigenvalue weighted by Crippen LogP contribution is -2.02. The number of benzene rings is 1. The lowest BCUT2D eigenvalue weighted by atomic mass is 10.2. The predicted octanol–water partition coefficient (Wildman–Crippen LogP) is 0.877. The van der Waals surface area contributed by atoms with E-state index in [1.54, 1.807) is 6.07 Å². The molecule has 0 aromatic heterocycles. The molecule has 4 N–H and O–H groups in total. The molecule has 0 aliphatic rings. The Morgan fingerprint density at radius 3 is 1.57 bits per heavy atom. The van der Waals surface area contributed by atoms with Gasteiger partial charge in [-0.2, -0.15) is 0 Å². The molecular weight excluding hydrogens is 184 g/mol. The molecule has 0 atom stereocenters. The number of ether oxygens (including phenoxy) is 3. The van der Waals surface area contributed by atoms with Gasteiger partial charge >= 0.3 is 0 Å². The number of nitrogens with two attached hydrogens (primary N) is 2. The summed E-state index contributed by atoms with van der Waals surface area (Å²) in [7, 11) is 4.52. The van der Waals surface area contributed by atoms with Crippen LogP contribution in [0.1, 0.15) is 0 Å². The Bertz CT molecular complexity index is 311. The Hall–Kier alpha value is -1.78. The second kappa shape index (κ2) is 3.95. The van der Waals surface area contributed by atoms with Crippen LogP contribution in [0.5, 0.6) is 17.2 Å². The van der Waals surface area contributed by atoms with Crippen molar-refractivity contribution in [2.45, 2.75) is 0 Å². The van der Waals surface area contributed by atoms with E-state index in [0.717, 1.165) is 0 Å². The molecule has 78 valence electrons. The zero-order valence-electron chi connectivity index (χ0n) is 8.46. The number of anilines is 2. The van der Waals surface area contributed by atoms with E-state index in [2.05, 4.69) is 0 Å². The van der Waals surface area contributed by atoms with E-state index < -0.39 is 0 Å². The Morgan fingerprint density at radius 1 is 0.857 bits per heavy atom. The molecule has 0 unspecified atom stereocenters. The Balaban J connectivity index is 3.39. The molecule has 1 rings (SSSR count). The molecule has 1 aromatic rings. The van der Waals surface area contributed by atoms with Crippen molar-refractivity contribution in [3.8, 4) is 17.2 Å². The van der Waals surface area contributed by atoms with Crippen LogP contribution >= 0.6 is 0 Å². The first-order valence-corrected chi connectivity index (χ1v) is 3.99. The summed E-state index contributed by atoms with van der Waals surface area (Å²) in [6, 6.07) is 1.62. The molecule has 0 fully saturated rings. The van der Waals surface area contributed by atoms with Gasteiger partial charge in [0.1, 0.15) is 22.9 Å². The maximum Gasteiger partial charge on any atom is 0.172 e. The van der Waals surface area contributed by atoms with Gasteiger partial charge in [0, 0.05) is 6.07 Å². The third-order valence-corrected chi connectivity index (χ3v) is 1.93. The number of hydrogen-bond donors (Lipinski definition) is 2. The van der Waals surface area contributed by atoms with Gasteiger partial charge in [-0.05, 0) is 0 Å². The fourth-order valence-electron chi connectivity index (χ4n) is 1.20. The zero-order chi connectivity index (χ0) is 10.7. The van der Waals surface area contributed by atoms with Gasteiger partial charge in [0.25, 0.3) is 0 Å². The van der Waals surface area contributed by atoms with E-state index >= 15 is 0 Å². The standard InChI is InChI=1S/C9H14N2O3/c1-12-5-4-6(13-2)8(11)9(14-3)7(5)10/h4H,10-11H2,1-3H3. The summed E-state index contributed by atoms with van der Waals surface area (Å²) in [5.41, 5.74) is 12.2. The summed E-state index contributed by atoms with van der Waals surface area (Å²) in [5.74, 6) is 1.34. The second-order valence-electron chi connectivity index (χ2n) is 2.64. The summed E-state index contributed by atoms with van der Waals surface area (Å²) in [6.07, 6.45) is 0. The number of methoxy groups -OCH3 is 3. The van der Waals surface area contributed by atoms with Gasteiger partial charge in [-0.3, -0.25) is 0 Å². The topological polar surface area (TPSA) is 79.7 Å². The SMILES string of the molecule is COc1cc(OC)c(N)c(OC)c1N. The molecule has 5 nitrogen and oxygen atoms in total. The molecular formula is C9H14N2O3. The maximum absolute atomic E-state index is 5.74. The van der Waals surface area contributed by atoms with Crippen LogP contribution in [-0.2, 0) is 0 Å². The molecule has 0 spiro atoms. The molecule has 0 aliphatic carbocycles. The van der Waals surface area contributed by atoms with Crippen LogP contribution in [0, 0.1) is 0 Å². The molecule has 1 aromatic carbocycles. The average Bonchev–Trinajstić information content (AvgIpc) is 2.19. The normalized spacial score (nSPS) is 9.64. The average molecular weight is 198 g/mol. The fraction of sp³-hybridized carbons (Fsp3) is 0.333. The van der Waals surface area contributed by atoms with E-state index in [1.165, 1.54) is 21.3 Å². The second-order valence-corrected chi connectivity index (χ2v) is 2.64. The smallest absolute Gasteiger partial charge is 0.172 e. The van der Waals surface area contributed by atoms with Crippen molar-refractivity contribution in [3.05, 3.63) is 6.07 Å². The summed E-state index contributed by atoms with van der Waals surface area (Å²) in [4.78, 5) is 0. The van der Waals surface area contributed by atoms with Crippen molar-refractivity contribution in [2.24, 2.45) is 0 Å². The number of rotatable bonds is 3. The Kier molecular flexibility index (Phi) is 2.91. The van der Waals surface area contributed by atoms with E-state index in [9.17, 15) is 0 Å². The van der Waals surface area contributed by atoms with Crippen molar-refractivity contribution < 1.29 is 14.2 Å². The first kappa shape index (κ1) is 10.3. The van der Waals surface area contributed by atoms with Gasteiger partial charge in [-0.1, -0.05) is 0 Å². The first-order chi connectivity index (χ1) is 6.65. The van der Waals surface area contributed by atoms with Crippen LogP contribution in [0.2, 0.25) is 0 Å². The van der Waals surface area contributed by atoms with Crippen molar-refractivity contribution in [2.75, 3.05) is 32.8 Å². The molecule has 5 heteroatoms. The predicted molar refractivity (Wildman–Crippen MR) is 54.9 cm³/mol. The minimum Gasteiger partial charge on any atom is -0.494 e. The molecule has 0 heterocycles. The van der Waals surface area contributed by atoms with Gasteiger partial charge < -0.3 is 25.7 Å². The van der Waals surface area contributed by atoms with Crippen LogP contribution in [0.4, 0.5) is 11.4 Å². The lowest BCUT2D eigenvalue weighted by molar-refractivity contribution is 0.381. The first-order valence-electron chi connectivity index (χ1n) is 3.99. The summed E-state index contributed by atoms with van der Waals surface area (Å²) in [6.45, 7) is 0. The minimum absolute atomic E-state index is 0.369. The highest BCUT2D eigenvalue weighted by Gasteiger charge is 2.15. The molecule has 0 aliphatic heterocycles. The number of nitrogen functional groups attached to an aromatic ring is 2. The zero-order valence-corrected chi connectivity index (χ0v) is 8.46. The molecule has 14 heavy (non-hydrogen) atoms. The maximum atomic E-state index is 5.74. The van der Waals surface area contributed by atoms with E-state index in [1.807, 2.05) is 0 Å². The van der Waals surface area contributed by atoms with Gasteiger partial charge in [0.2, 0.25) is 0 Å². The van der Waals surface area contributed by atoms with Crippen LogP contribution in [0.3, 0.4) is 0 Å². The van der Waals surface area contributed by atoms with Crippen molar-refractivity contribution in [1.29, 1.82) is 0 Å². The summed E-state index contributed by atoms with van der Waals surface area (Å²) >= 11 is 0. The summed E-state index contributed by atoms with van der Waals surface area (Å²) < 4.78 is 15.1. The van der Waals surface area contributed by atoms with Gasteiger partial charge in [0.15, 0.2) is 5.75 Å². The van der Waals surface area contributed by atoms with Crippen LogP contribution < -0.4 is 25.7 Å². The molecule has 0 saturated carbocycles. The van der Waals surface area contributed by atoms with Crippen molar-refractivity contribution in [1.82, 2.24) is 0 Å². The number of hydrogen-bond acceptors (Lipinski definition) is 5. The van der Waals surface area contributed by atoms with E-state index in [-0.39, 0.29) is 0 Å².